The lowest BCUT2D eigenvalue weighted by atomic mass is 9.95. The van der Waals surface area contributed by atoms with Crippen molar-refractivity contribution in [3.63, 3.8) is 0 Å². The lowest BCUT2D eigenvalue weighted by Crippen LogP contribution is -2.26. The lowest BCUT2D eigenvalue weighted by Gasteiger charge is -2.16. The standard InChI is InChI=1S/C20H26ClN3O3S/c1-10(2)27-20(26)16-14-8-6-7-9-15(14)28-19(16)22-18(25)13(5)24-12(4)17(21)11(3)23-24/h10,13H,6-9H2,1-5H3,(H,22,25). The Morgan fingerprint density at radius 2 is 1.89 bits per heavy atom. The van der Waals surface area contributed by atoms with Gasteiger partial charge >= 0.3 is 5.97 Å². The number of anilines is 1. The van der Waals surface area contributed by atoms with Gasteiger partial charge in [0.1, 0.15) is 11.0 Å². The third kappa shape index (κ3) is 3.96. The van der Waals surface area contributed by atoms with Crippen LogP contribution in [0.5, 0.6) is 0 Å². The second kappa shape index (κ2) is 8.25. The molecule has 152 valence electrons. The highest BCUT2D eigenvalue weighted by molar-refractivity contribution is 7.17. The van der Waals surface area contributed by atoms with Gasteiger partial charge in [0, 0.05) is 4.88 Å². The van der Waals surface area contributed by atoms with E-state index in [-0.39, 0.29) is 18.0 Å². The summed E-state index contributed by atoms with van der Waals surface area (Å²) in [4.78, 5) is 26.8. The summed E-state index contributed by atoms with van der Waals surface area (Å²) in [7, 11) is 0. The number of fused-ring (bicyclic) bond motifs is 1. The van der Waals surface area contributed by atoms with E-state index in [4.69, 9.17) is 16.3 Å². The largest absolute Gasteiger partial charge is 0.459 e. The normalized spacial score (nSPS) is 14.7. The number of carbonyl (C=O) groups is 2. The number of hydrogen-bond donors (Lipinski definition) is 1. The lowest BCUT2D eigenvalue weighted by molar-refractivity contribution is -0.119. The van der Waals surface area contributed by atoms with E-state index in [1.54, 1.807) is 11.6 Å². The molecule has 0 fully saturated rings. The van der Waals surface area contributed by atoms with E-state index in [9.17, 15) is 9.59 Å². The van der Waals surface area contributed by atoms with Crippen molar-refractivity contribution in [2.75, 3.05) is 5.32 Å². The number of esters is 1. The van der Waals surface area contributed by atoms with Crippen molar-refractivity contribution in [1.82, 2.24) is 9.78 Å². The predicted octanol–water partition coefficient (Wildman–Crippen LogP) is 4.86. The highest BCUT2D eigenvalue weighted by Crippen LogP contribution is 2.39. The minimum Gasteiger partial charge on any atom is -0.459 e. The van der Waals surface area contributed by atoms with E-state index in [1.807, 2.05) is 27.7 Å². The molecule has 0 bridgehead atoms. The molecule has 1 N–H and O–H groups in total. The number of carbonyl (C=O) groups excluding carboxylic acids is 2. The van der Waals surface area contributed by atoms with Crippen LogP contribution in [-0.2, 0) is 22.4 Å². The number of ether oxygens (including phenoxy) is 1. The van der Waals surface area contributed by atoms with Crippen LogP contribution in [0.15, 0.2) is 0 Å². The fraction of sp³-hybridized carbons (Fsp3) is 0.550. The van der Waals surface area contributed by atoms with Gasteiger partial charge < -0.3 is 10.1 Å². The summed E-state index contributed by atoms with van der Waals surface area (Å²) >= 11 is 7.70. The first-order chi connectivity index (χ1) is 13.2. The van der Waals surface area contributed by atoms with Crippen molar-refractivity contribution < 1.29 is 14.3 Å². The summed E-state index contributed by atoms with van der Waals surface area (Å²) < 4.78 is 7.07. The first-order valence-electron chi connectivity index (χ1n) is 9.58. The van der Waals surface area contributed by atoms with Crippen LogP contribution in [0.25, 0.3) is 0 Å². The van der Waals surface area contributed by atoms with Gasteiger partial charge in [-0.2, -0.15) is 5.10 Å². The summed E-state index contributed by atoms with van der Waals surface area (Å²) in [5, 5.41) is 8.45. The third-order valence-electron chi connectivity index (χ3n) is 4.94. The number of amides is 1. The Morgan fingerprint density at radius 1 is 1.21 bits per heavy atom. The molecule has 0 radical (unpaired) electrons. The first kappa shape index (κ1) is 20.9. The molecule has 0 saturated carbocycles. The maximum atomic E-state index is 12.9. The Hall–Kier alpha value is -1.86. The van der Waals surface area contributed by atoms with Gasteiger partial charge in [-0.25, -0.2) is 4.79 Å². The molecular formula is C20H26ClN3O3S. The van der Waals surface area contributed by atoms with Gasteiger partial charge in [-0.1, -0.05) is 11.6 Å². The zero-order valence-electron chi connectivity index (χ0n) is 16.9. The van der Waals surface area contributed by atoms with Crippen LogP contribution >= 0.6 is 22.9 Å². The summed E-state index contributed by atoms with van der Waals surface area (Å²) in [5.41, 5.74) is 2.97. The smallest absolute Gasteiger partial charge is 0.341 e. The van der Waals surface area contributed by atoms with Crippen LogP contribution in [0, 0.1) is 13.8 Å². The molecule has 0 saturated heterocycles. The van der Waals surface area contributed by atoms with E-state index in [2.05, 4.69) is 10.4 Å². The number of aromatic nitrogens is 2. The molecular weight excluding hydrogens is 398 g/mol. The molecule has 2 aromatic heterocycles. The summed E-state index contributed by atoms with van der Waals surface area (Å²) in [6.07, 6.45) is 3.69. The highest BCUT2D eigenvalue weighted by Gasteiger charge is 2.29. The van der Waals surface area contributed by atoms with Crippen molar-refractivity contribution in [2.45, 2.75) is 72.4 Å². The molecule has 1 unspecified atom stereocenters. The fourth-order valence-electron chi connectivity index (χ4n) is 3.49. The molecule has 1 aliphatic rings. The number of nitrogens with zero attached hydrogens (tertiary/aromatic N) is 2. The molecule has 0 aromatic carbocycles. The maximum absolute atomic E-state index is 12.9. The van der Waals surface area contributed by atoms with Crippen molar-refractivity contribution in [3.8, 4) is 0 Å². The van der Waals surface area contributed by atoms with E-state index in [1.165, 1.54) is 16.2 Å². The minimum atomic E-state index is -0.556. The Morgan fingerprint density at radius 3 is 2.50 bits per heavy atom. The first-order valence-corrected chi connectivity index (χ1v) is 10.8. The van der Waals surface area contributed by atoms with Gasteiger partial charge in [0.25, 0.3) is 0 Å². The van der Waals surface area contributed by atoms with Crippen LogP contribution in [0.4, 0.5) is 5.00 Å². The van der Waals surface area contributed by atoms with Crippen LogP contribution in [-0.4, -0.2) is 27.8 Å². The van der Waals surface area contributed by atoms with Crippen LogP contribution in [0.1, 0.15) is 71.8 Å². The average molecular weight is 424 g/mol. The van der Waals surface area contributed by atoms with Crippen molar-refractivity contribution in [2.24, 2.45) is 0 Å². The Labute approximate surface area is 174 Å². The summed E-state index contributed by atoms with van der Waals surface area (Å²) in [6.45, 7) is 9.06. The van der Waals surface area contributed by atoms with E-state index in [0.717, 1.165) is 36.9 Å². The molecule has 1 atom stereocenters. The van der Waals surface area contributed by atoms with Gasteiger partial charge in [0.05, 0.1) is 28.1 Å². The van der Waals surface area contributed by atoms with Gasteiger partial charge in [0.15, 0.2) is 0 Å². The topological polar surface area (TPSA) is 73.2 Å². The summed E-state index contributed by atoms with van der Waals surface area (Å²) in [6, 6.07) is -0.556. The van der Waals surface area contributed by atoms with Crippen LogP contribution in [0.3, 0.4) is 0 Å². The molecule has 2 aromatic rings. The maximum Gasteiger partial charge on any atom is 0.341 e. The van der Waals surface area contributed by atoms with Gasteiger partial charge in [-0.15, -0.1) is 11.3 Å². The van der Waals surface area contributed by atoms with E-state index >= 15 is 0 Å². The number of thiophene rings is 1. The molecule has 1 aliphatic carbocycles. The number of nitrogens with one attached hydrogen (secondary N) is 1. The second-order valence-corrected chi connectivity index (χ2v) is 8.95. The van der Waals surface area contributed by atoms with Crippen LogP contribution < -0.4 is 5.32 Å². The number of hydrogen-bond acceptors (Lipinski definition) is 5. The monoisotopic (exact) mass is 423 g/mol. The van der Waals surface area contributed by atoms with Gasteiger partial charge in [0.2, 0.25) is 5.91 Å². The Bertz CT molecular complexity index is 916. The molecule has 6 nitrogen and oxygen atoms in total. The van der Waals surface area contributed by atoms with Gasteiger partial charge in [-0.3, -0.25) is 9.48 Å². The molecule has 0 spiro atoms. The van der Waals surface area contributed by atoms with Crippen molar-refractivity contribution in [1.29, 1.82) is 0 Å². The fourth-order valence-corrected chi connectivity index (χ4v) is 4.89. The molecule has 3 rings (SSSR count). The average Bonchev–Trinajstić information content (AvgIpc) is 3.12. The minimum absolute atomic E-state index is 0.217. The zero-order chi connectivity index (χ0) is 20.6. The molecule has 8 heteroatoms. The Balaban J connectivity index is 1.90. The molecule has 0 aliphatic heterocycles. The predicted molar refractivity (Wildman–Crippen MR) is 112 cm³/mol. The zero-order valence-corrected chi connectivity index (χ0v) is 18.5. The number of aryl methyl sites for hydroxylation is 2. The highest BCUT2D eigenvalue weighted by atomic mass is 35.5. The quantitative estimate of drug-likeness (QED) is 0.697. The molecule has 2 heterocycles. The van der Waals surface area contributed by atoms with E-state index < -0.39 is 6.04 Å². The summed E-state index contributed by atoms with van der Waals surface area (Å²) in [5.74, 6) is -0.606. The Kier molecular flexibility index (Phi) is 6.15. The van der Waals surface area contributed by atoms with E-state index in [0.29, 0.717) is 21.3 Å². The number of rotatable bonds is 5. The SMILES string of the molecule is Cc1nn(C(C)C(=O)Nc2sc3c(c2C(=O)OC(C)C)CCCC3)c(C)c1Cl. The molecule has 28 heavy (non-hydrogen) atoms. The van der Waals surface area contributed by atoms with Crippen LogP contribution in [0.2, 0.25) is 5.02 Å². The van der Waals surface area contributed by atoms with Gasteiger partial charge in [-0.05, 0) is 65.9 Å². The molecule has 1 amide bonds. The second-order valence-electron chi connectivity index (χ2n) is 7.46. The third-order valence-corrected chi connectivity index (χ3v) is 6.69. The van der Waals surface area contributed by atoms with Crippen molar-refractivity contribution in [3.05, 3.63) is 32.4 Å². The number of halogens is 1. The van der Waals surface area contributed by atoms with Crippen molar-refractivity contribution >= 4 is 39.8 Å².